The molecule has 0 saturated heterocycles. The number of hydrogen-bond donors (Lipinski definition) is 2. The molecule has 0 radical (unpaired) electrons. The molecule has 0 aliphatic carbocycles. The number of carbonyl (C=O) groups excluding carboxylic acids is 1. The van der Waals surface area contributed by atoms with E-state index in [1.54, 1.807) is 22.2 Å². The summed E-state index contributed by atoms with van der Waals surface area (Å²) in [5, 5.41) is 4.96. The molecule has 0 saturated carbocycles. The van der Waals surface area contributed by atoms with Crippen LogP contribution in [-0.4, -0.2) is 20.7 Å². The zero-order valence-corrected chi connectivity index (χ0v) is 10.4. The molecule has 0 spiro atoms. The minimum atomic E-state index is -0.618. The van der Waals surface area contributed by atoms with E-state index < -0.39 is 5.91 Å². The monoisotopic (exact) mass is 251 g/mol. The van der Waals surface area contributed by atoms with E-state index >= 15 is 0 Å². The van der Waals surface area contributed by atoms with Gasteiger partial charge in [-0.3, -0.25) is 9.48 Å². The lowest BCUT2D eigenvalue weighted by Gasteiger charge is -1.95. The quantitative estimate of drug-likeness (QED) is 0.838. The first-order chi connectivity index (χ1) is 7.97. The topological polar surface area (TPSA) is 99.8 Å². The largest absolute Gasteiger partial charge is 0.396 e. The first-order valence-electron chi connectivity index (χ1n) is 5.03. The molecular formula is C10H13N5OS. The van der Waals surface area contributed by atoms with Crippen LogP contribution in [0.25, 0.3) is 0 Å². The van der Waals surface area contributed by atoms with E-state index in [1.807, 2.05) is 13.8 Å². The Balaban J connectivity index is 2.24. The number of thiazole rings is 1. The minimum Gasteiger partial charge on any atom is -0.396 e. The summed E-state index contributed by atoms with van der Waals surface area (Å²) in [6.45, 7) is 4.47. The van der Waals surface area contributed by atoms with Gasteiger partial charge < -0.3 is 11.5 Å². The predicted octanol–water partition coefficient (Wildman–Crippen LogP) is 0.686. The molecular weight excluding hydrogens is 238 g/mol. The number of hydrogen-bond acceptors (Lipinski definition) is 5. The molecule has 6 nitrogen and oxygen atoms in total. The fourth-order valence-corrected chi connectivity index (χ4v) is 2.38. The van der Waals surface area contributed by atoms with Gasteiger partial charge >= 0.3 is 0 Å². The van der Waals surface area contributed by atoms with Crippen LogP contribution < -0.4 is 11.5 Å². The van der Waals surface area contributed by atoms with Crippen LogP contribution in [0.3, 0.4) is 0 Å². The Hall–Kier alpha value is -1.89. The van der Waals surface area contributed by atoms with Crippen molar-refractivity contribution in [2.75, 3.05) is 5.73 Å². The summed E-state index contributed by atoms with van der Waals surface area (Å²) in [4.78, 5) is 16.6. The number of aromatic nitrogens is 3. The van der Waals surface area contributed by atoms with Crippen molar-refractivity contribution in [3.8, 4) is 0 Å². The van der Waals surface area contributed by atoms with Gasteiger partial charge in [-0.15, -0.1) is 11.3 Å². The molecule has 4 N–H and O–H groups in total. The summed E-state index contributed by atoms with van der Waals surface area (Å²) >= 11 is 1.60. The lowest BCUT2D eigenvalue weighted by molar-refractivity contribution is 0.0995. The molecule has 7 heteroatoms. The first kappa shape index (κ1) is 11.6. The molecule has 90 valence electrons. The second kappa shape index (κ2) is 4.17. The third-order valence-electron chi connectivity index (χ3n) is 2.39. The van der Waals surface area contributed by atoms with E-state index in [0.717, 1.165) is 10.7 Å². The standard InChI is InChI=1S/C10H13N5OS/c1-5-6(2)17-8(13-5)4-15-3-7(11)9(14-15)10(12)16/h3H,4,11H2,1-2H3,(H2,12,16). The van der Waals surface area contributed by atoms with Gasteiger partial charge in [0.05, 0.1) is 17.9 Å². The maximum absolute atomic E-state index is 11.0. The molecule has 17 heavy (non-hydrogen) atoms. The Kier molecular flexibility index (Phi) is 2.84. The molecule has 1 amide bonds. The van der Waals surface area contributed by atoms with Gasteiger partial charge in [-0.25, -0.2) is 4.98 Å². The van der Waals surface area contributed by atoms with Gasteiger partial charge in [-0.2, -0.15) is 5.10 Å². The number of amides is 1. The van der Waals surface area contributed by atoms with Gasteiger partial charge in [0.15, 0.2) is 5.69 Å². The number of nitrogens with zero attached hydrogens (tertiary/aromatic N) is 3. The number of aryl methyl sites for hydroxylation is 2. The zero-order chi connectivity index (χ0) is 12.6. The maximum Gasteiger partial charge on any atom is 0.271 e. The third kappa shape index (κ3) is 2.28. The van der Waals surface area contributed by atoms with Crippen molar-refractivity contribution in [3.05, 3.63) is 27.5 Å². The lowest BCUT2D eigenvalue weighted by Crippen LogP contribution is -2.14. The van der Waals surface area contributed by atoms with E-state index in [0.29, 0.717) is 12.2 Å². The predicted molar refractivity (Wildman–Crippen MR) is 65.8 cm³/mol. The molecule has 2 aromatic heterocycles. The van der Waals surface area contributed by atoms with E-state index in [9.17, 15) is 4.79 Å². The molecule has 0 unspecified atom stereocenters. The maximum atomic E-state index is 11.0. The van der Waals surface area contributed by atoms with Gasteiger partial charge in [0, 0.05) is 11.1 Å². The van der Waals surface area contributed by atoms with Crippen molar-refractivity contribution in [2.24, 2.45) is 5.73 Å². The Morgan fingerprint density at radius 2 is 2.24 bits per heavy atom. The Morgan fingerprint density at radius 1 is 1.53 bits per heavy atom. The van der Waals surface area contributed by atoms with Crippen LogP contribution in [0.2, 0.25) is 0 Å². The van der Waals surface area contributed by atoms with Crippen molar-refractivity contribution >= 4 is 22.9 Å². The summed E-state index contributed by atoms with van der Waals surface area (Å²) in [5.74, 6) is -0.618. The molecule has 2 heterocycles. The third-order valence-corrected chi connectivity index (χ3v) is 3.45. The van der Waals surface area contributed by atoms with Crippen LogP contribution in [0.4, 0.5) is 5.69 Å². The molecule has 2 rings (SSSR count). The lowest BCUT2D eigenvalue weighted by atomic mass is 10.4. The normalized spacial score (nSPS) is 10.7. The van der Waals surface area contributed by atoms with Crippen LogP contribution in [-0.2, 0) is 6.54 Å². The fourth-order valence-electron chi connectivity index (χ4n) is 1.45. The molecule has 0 aliphatic heterocycles. The van der Waals surface area contributed by atoms with Crippen LogP contribution in [0, 0.1) is 13.8 Å². The van der Waals surface area contributed by atoms with Crippen molar-refractivity contribution in [2.45, 2.75) is 20.4 Å². The van der Waals surface area contributed by atoms with Crippen molar-refractivity contribution in [3.63, 3.8) is 0 Å². The van der Waals surface area contributed by atoms with Gasteiger partial charge in [0.25, 0.3) is 5.91 Å². The number of carbonyl (C=O) groups is 1. The van der Waals surface area contributed by atoms with Crippen LogP contribution in [0.15, 0.2) is 6.20 Å². The highest BCUT2D eigenvalue weighted by Gasteiger charge is 2.12. The smallest absolute Gasteiger partial charge is 0.271 e. The second-order valence-electron chi connectivity index (χ2n) is 3.74. The highest BCUT2D eigenvalue weighted by Crippen LogP contribution is 2.18. The average molecular weight is 251 g/mol. The van der Waals surface area contributed by atoms with Crippen LogP contribution >= 0.6 is 11.3 Å². The Labute approximate surface area is 102 Å². The van der Waals surface area contributed by atoms with Gasteiger partial charge in [0.1, 0.15) is 5.01 Å². The number of nitrogen functional groups attached to an aromatic ring is 1. The highest BCUT2D eigenvalue weighted by molar-refractivity contribution is 7.11. The molecule has 0 bridgehead atoms. The summed E-state index contributed by atoms with van der Waals surface area (Å²) < 4.78 is 1.58. The Bertz CT molecular complexity index is 552. The van der Waals surface area contributed by atoms with Crippen molar-refractivity contribution in [1.82, 2.24) is 14.8 Å². The van der Waals surface area contributed by atoms with Crippen LogP contribution in [0.1, 0.15) is 26.1 Å². The van der Waals surface area contributed by atoms with Gasteiger partial charge in [-0.05, 0) is 13.8 Å². The van der Waals surface area contributed by atoms with E-state index in [1.165, 1.54) is 4.88 Å². The molecule has 0 fully saturated rings. The number of primary amides is 1. The molecule has 0 aliphatic rings. The number of anilines is 1. The summed E-state index contributed by atoms with van der Waals surface area (Å²) in [5.41, 5.74) is 12.2. The highest BCUT2D eigenvalue weighted by atomic mass is 32.1. The summed E-state index contributed by atoms with van der Waals surface area (Å²) in [7, 11) is 0. The first-order valence-corrected chi connectivity index (χ1v) is 5.84. The van der Waals surface area contributed by atoms with Crippen molar-refractivity contribution in [1.29, 1.82) is 0 Å². The summed E-state index contributed by atoms with van der Waals surface area (Å²) in [6, 6.07) is 0. The second-order valence-corrected chi connectivity index (χ2v) is 5.03. The van der Waals surface area contributed by atoms with E-state index in [2.05, 4.69) is 10.1 Å². The summed E-state index contributed by atoms with van der Waals surface area (Å²) in [6.07, 6.45) is 1.59. The molecule has 0 atom stereocenters. The molecule has 2 aromatic rings. The van der Waals surface area contributed by atoms with Crippen molar-refractivity contribution < 1.29 is 4.79 Å². The number of nitrogens with two attached hydrogens (primary N) is 2. The zero-order valence-electron chi connectivity index (χ0n) is 9.60. The van der Waals surface area contributed by atoms with Gasteiger partial charge in [-0.1, -0.05) is 0 Å². The average Bonchev–Trinajstić information content (AvgIpc) is 2.72. The SMILES string of the molecule is Cc1nc(Cn2cc(N)c(C(N)=O)n2)sc1C. The van der Waals surface area contributed by atoms with E-state index in [-0.39, 0.29) is 5.69 Å². The Morgan fingerprint density at radius 3 is 2.71 bits per heavy atom. The van der Waals surface area contributed by atoms with Gasteiger partial charge in [0.2, 0.25) is 0 Å². The van der Waals surface area contributed by atoms with Crippen LogP contribution in [0.5, 0.6) is 0 Å². The minimum absolute atomic E-state index is 0.106. The fraction of sp³-hybridized carbons (Fsp3) is 0.300. The number of rotatable bonds is 3. The van der Waals surface area contributed by atoms with E-state index in [4.69, 9.17) is 11.5 Å². The molecule has 0 aromatic carbocycles.